The van der Waals surface area contributed by atoms with E-state index in [2.05, 4.69) is 55.6 Å². The molecule has 0 aromatic carbocycles. The lowest BCUT2D eigenvalue weighted by Gasteiger charge is -2.40. The maximum absolute atomic E-state index is 13.0. The van der Waals surface area contributed by atoms with Crippen LogP contribution in [0.1, 0.15) is 271 Å². The summed E-state index contributed by atoms with van der Waals surface area (Å²) in [6.07, 6.45) is 59.4. The number of ether oxygens (including phenoxy) is 2. The number of rotatable bonds is 50. The fraction of sp³-hybridized carbons (Fsp3) is 0.850. The summed E-state index contributed by atoms with van der Waals surface area (Å²) in [7, 11) is 0. The zero-order chi connectivity index (χ0) is 50.1. The van der Waals surface area contributed by atoms with Crippen molar-refractivity contribution in [1.29, 1.82) is 0 Å². The lowest BCUT2D eigenvalue weighted by atomic mass is 9.99. The molecule has 9 nitrogen and oxygen atoms in total. The summed E-state index contributed by atoms with van der Waals surface area (Å²) in [6.45, 7) is 3.69. The molecule has 69 heavy (non-hydrogen) atoms. The van der Waals surface area contributed by atoms with Gasteiger partial charge in [-0.2, -0.15) is 0 Å². The van der Waals surface area contributed by atoms with Gasteiger partial charge in [0.2, 0.25) is 5.91 Å². The van der Waals surface area contributed by atoms with E-state index >= 15 is 0 Å². The number of carbonyl (C=O) groups excluding carboxylic acids is 1. The third-order valence-corrected chi connectivity index (χ3v) is 13.8. The van der Waals surface area contributed by atoms with Gasteiger partial charge in [0.25, 0.3) is 0 Å². The highest BCUT2D eigenvalue weighted by molar-refractivity contribution is 5.76. The Morgan fingerprint density at radius 3 is 1.28 bits per heavy atom. The SMILES string of the molecule is CCC/C=C/CC/C=C/CC/C=C/C(O)C(COC1OC(CO)C(O)C(O)C1O)NC(=O)CCCCCCCCCCCCCCCCCCC/C=C\CCCCCCCCCCCCCCCC. The number of carbonyl (C=O) groups is 1. The molecular formula is C60H111NO8. The third-order valence-electron chi connectivity index (χ3n) is 13.8. The Labute approximate surface area is 424 Å². The number of amides is 1. The van der Waals surface area contributed by atoms with Crippen LogP contribution in [0.3, 0.4) is 0 Å². The van der Waals surface area contributed by atoms with Crippen molar-refractivity contribution in [3.63, 3.8) is 0 Å². The number of hydrogen-bond donors (Lipinski definition) is 6. The number of nitrogens with one attached hydrogen (secondary N) is 1. The smallest absolute Gasteiger partial charge is 0.220 e. The van der Waals surface area contributed by atoms with Crippen LogP contribution in [-0.4, -0.2) is 87.5 Å². The first-order valence-corrected chi connectivity index (χ1v) is 29.4. The van der Waals surface area contributed by atoms with Gasteiger partial charge in [0.1, 0.15) is 24.4 Å². The molecule has 404 valence electrons. The van der Waals surface area contributed by atoms with E-state index in [4.69, 9.17) is 9.47 Å². The van der Waals surface area contributed by atoms with Gasteiger partial charge in [0.15, 0.2) is 6.29 Å². The van der Waals surface area contributed by atoms with Crippen molar-refractivity contribution in [2.24, 2.45) is 0 Å². The van der Waals surface area contributed by atoms with Crippen molar-refractivity contribution in [3.05, 3.63) is 48.6 Å². The Bertz CT molecular complexity index is 1220. The van der Waals surface area contributed by atoms with Gasteiger partial charge >= 0.3 is 0 Å². The molecule has 0 spiro atoms. The van der Waals surface area contributed by atoms with Crippen LogP contribution in [0.4, 0.5) is 0 Å². The van der Waals surface area contributed by atoms with E-state index in [-0.39, 0.29) is 12.5 Å². The van der Waals surface area contributed by atoms with Gasteiger partial charge < -0.3 is 40.3 Å². The Morgan fingerprint density at radius 2 is 0.855 bits per heavy atom. The minimum atomic E-state index is -1.57. The van der Waals surface area contributed by atoms with Crippen molar-refractivity contribution >= 4 is 5.91 Å². The summed E-state index contributed by atoms with van der Waals surface area (Å²) in [4.78, 5) is 13.0. The average Bonchev–Trinajstić information content (AvgIpc) is 3.35. The quantitative estimate of drug-likeness (QED) is 0.0261. The van der Waals surface area contributed by atoms with Crippen molar-refractivity contribution in [1.82, 2.24) is 5.32 Å². The van der Waals surface area contributed by atoms with Crippen LogP contribution in [0.15, 0.2) is 48.6 Å². The largest absolute Gasteiger partial charge is 0.394 e. The van der Waals surface area contributed by atoms with Gasteiger partial charge in [0, 0.05) is 6.42 Å². The molecule has 1 aliphatic heterocycles. The van der Waals surface area contributed by atoms with E-state index in [0.717, 1.165) is 57.8 Å². The van der Waals surface area contributed by atoms with Gasteiger partial charge in [0.05, 0.1) is 25.4 Å². The van der Waals surface area contributed by atoms with Crippen molar-refractivity contribution < 1.29 is 39.8 Å². The number of allylic oxidation sites excluding steroid dienone is 7. The first kappa shape index (κ1) is 65.2. The Balaban J connectivity index is 2.07. The molecule has 1 fully saturated rings. The summed E-state index contributed by atoms with van der Waals surface area (Å²) in [5, 5.41) is 54.2. The van der Waals surface area contributed by atoms with E-state index in [1.54, 1.807) is 6.08 Å². The Hall–Kier alpha value is -1.85. The van der Waals surface area contributed by atoms with E-state index < -0.39 is 49.5 Å². The van der Waals surface area contributed by atoms with Crippen molar-refractivity contribution in [2.75, 3.05) is 13.2 Å². The summed E-state index contributed by atoms with van der Waals surface area (Å²) >= 11 is 0. The lowest BCUT2D eigenvalue weighted by Crippen LogP contribution is -2.60. The molecule has 0 aliphatic carbocycles. The second-order valence-corrected chi connectivity index (χ2v) is 20.4. The fourth-order valence-corrected chi connectivity index (χ4v) is 9.19. The van der Waals surface area contributed by atoms with Crippen LogP contribution in [-0.2, 0) is 14.3 Å². The summed E-state index contributed by atoms with van der Waals surface area (Å²) in [5.74, 6) is -0.190. The molecule has 1 amide bonds. The normalized spacial score (nSPS) is 19.8. The second kappa shape index (κ2) is 49.7. The lowest BCUT2D eigenvalue weighted by molar-refractivity contribution is -0.302. The standard InChI is InChI=1S/C60H111NO8/c1-3-5-7-9-11-13-15-16-17-18-19-20-21-22-23-24-25-26-27-28-29-30-31-32-33-34-35-36-37-38-40-42-44-46-48-50-56(64)61-53(52-68-60-59(67)58(66)57(65)55(51-62)69-60)54(63)49-47-45-43-41-39-14-12-10-8-6-4-2/h8,10,24-25,39,41,47,49,53-55,57-60,62-63,65-67H,3-7,9,11-23,26-38,40,42-46,48,50-52H2,1-2H3,(H,61,64)/b10-8+,25-24-,41-39+,49-47+. The van der Waals surface area contributed by atoms with Crippen LogP contribution < -0.4 is 5.32 Å². The molecule has 1 heterocycles. The molecule has 7 unspecified atom stereocenters. The maximum Gasteiger partial charge on any atom is 0.220 e. The summed E-state index contributed by atoms with van der Waals surface area (Å²) in [5.41, 5.74) is 0. The minimum Gasteiger partial charge on any atom is -0.394 e. The molecule has 0 aromatic rings. The molecule has 9 heteroatoms. The van der Waals surface area contributed by atoms with Crippen LogP contribution >= 0.6 is 0 Å². The van der Waals surface area contributed by atoms with Gasteiger partial charge in [-0.25, -0.2) is 0 Å². The Morgan fingerprint density at radius 1 is 0.478 bits per heavy atom. The highest BCUT2D eigenvalue weighted by Gasteiger charge is 2.44. The van der Waals surface area contributed by atoms with Gasteiger partial charge in [-0.05, 0) is 64.2 Å². The highest BCUT2D eigenvalue weighted by atomic mass is 16.7. The number of hydrogen-bond acceptors (Lipinski definition) is 8. The summed E-state index contributed by atoms with van der Waals surface area (Å²) < 4.78 is 11.2. The molecule has 0 radical (unpaired) electrons. The minimum absolute atomic E-state index is 0.190. The predicted molar refractivity (Wildman–Crippen MR) is 290 cm³/mol. The van der Waals surface area contributed by atoms with Crippen LogP contribution in [0.2, 0.25) is 0 Å². The molecule has 0 saturated carbocycles. The zero-order valence-corrected chi connectivity index (χ0v) is 44.8. The topological polar surface area (TPSA) is 149 Å². The second-order valence-electron chi connectivity index (χ2n) is 20.4. The van der Waals surface area contributed by atoms with Crippen LogP contribution in [0.5, 0.6) is 0 Å². The van der Waals surface area contributed by atoms with Crippen LogP contribution in [0, 0.1) is 0 Å². The van der Waals surface area contributed by atoms with Gasteiger partial charge in [-0.15, -0.1) is 0 Å². The van der Waals surface area contributed by atoms with Gasteiger partial charge in [-0.1, -0.05) is 249 Å². The van der Waals surface area contributed by atoms with Crippen molar-refractivity contribution in [2.45, 2.75) is 314 Å². The predicted octanol–water partition coefficient (Wildman–Crippen LogP) is 14.5. The number of unbranched alkanes of at least 4 members (excludes halogenated alkanes) is 34. The average molecular weight is 975 g/mol. The number of aliphatic hydroxyl groups excluding tert-OH is 5. The monoisotopic (exact) mass is 974 g/mol. The third kappa shape index (κ3) is 39.4. The first-order chi connectivity index (χ1) is 33.8. The van der Waals surface area contributed by atoms with E-state index in [9.17, 15) is 30.3 Å². The maximum atomic E-state index is 13.0. The summed E-state index contributed by atoms with van der Waals surface area (Å²) in [6, 6.07) is -0.826. The van der Waals surface area contributed by atoms with E-state index in [1.165, 1.54) is 193 Å². The van der Waals surface area contributed by atoms with Crippen LogP contribution in [0.25, 0.3) is 0 Å². The first-order valence-electron chi connectivity index (χ1n) is 29.4. The molecule has 1 aliphatic rings. The molecule has 6 N–H and O–H groups in total. The zero-order valence-electron chi connectivity index (χ0n) is 44.8. The molecular weight excluding hydrogens is 863 g/mol. The molecule has 1 rings (SSSR count). The Kier molecular flexibility index (Phi) is 47.0. The molecule has 0 bridgehead atoms. The van der Waals surface area contributed by atoms with Gasteiger partial charge in [-0.3, -0.25) is 4.79 Å². The number of aliphatic hydroxyl groups is 5. The van der Waals surface area contributed by atoms with E-state index in [0.29, 0.717) is 6.42 Å². The molecule has 7 atom stereocenters. The van der Waals surface area contributed by atoms with Crippen molar-refractivity contribution in [3.8, 4) is 0 Å². The molecule has 0 aromatic heterocycles. The highest BCUT2D eigenvalue weighted by Crippen LogP contribution is 2.23. The molecule has 1 saturated heterocycles. The fourth-order valence-electron chi connectivity index (χ4n) is 9.19. The van der Waals surface area contributed by atoms with E-state index in [1.807, 2.05) is 6.08 Å².